The van der Waals surface area contributed by atoms with Gasteiger partial charge < -0.3 is 9.47 Å². The van der Waals surface area contributed by atoms with E-state index in [-0.39, 0.29) is 6.04 Å². The molecule has 0 unspecified atom stereocenters. The third kappa shape index (κ3) is 5.23. The van der Waals surface area contributed by atoms with Gasteiger partial charge in [0.1, 0.15) is 0 Å². The van der Waals surface area contributed by atoms with Gasteiger partial charge in [0, 0.05) is 45.1 Å². The topological polar surface area (TPSA) is 20.5 Å². The van der Waals surface area contributed by atoms with Gasteiger partial charge in [-0.15, -0.1) is 0 Å². The van der Waals surface area contributed by atoms with E-state index in [1.54, 1.807) is 0 Å². The number of hydrogen-bond acceptors (Lipinski definition) is 2. The number of dihydropyridines is 1. The summed E-state index contributed by atoms with van der Waals surface area (Å²) < 4.78 is 2.54. The molecule has 11 rings (SSSR count). The molecule has 0 saturated carbocycles. The largest absolute Gasteiger partial charge is 0.312 e. The van der Waals surface area contributed by atoms with E-state index in [4.69, 9.17) is 4.99 Å². The number of rotatable bonds is 5. The quantitative estimate of drug-likeness (QED) is 0.174. The average Bonchev–Trinajstić information content (AvgIpc) is 3.56. The average molecular weight is 718 g/mol. The molecule has 1 aliphatic carbocycles. The molecule has 3 aliphatic rings. The maximum atomic E-state index is 4.90. The molecule has 1 aromatic heterocycles. The summed E-state index contributed by atoms with van der Waals surface area (Å²) in [4.78, 5) is 7.48. The Labute approximate surface area is 327 Å². The number of fused-ring (bicyclic) bond motifs is 7. The van der Waals surface area contributed by atoms with E-state index in [1.165, 1.54) is 89.0 Å². The summed E-state index contributed by atoms with van der Waals surface area (Å²) >= 11 is 0. The number of aliphatic imine (C=N–C) groups is 1. The summed E-state index contributed by atoms with van der Waals surface area (Å²) in [5.41, 5.74) is 17.1. The molecule has 2 aliphatic heterocycles. The van der Waals surface area contributed by atoms with Crippen molar-refractivity contribution in [1.82, 2.24) is 4.57 Å². The molecule has 8 aromatic rings. The molecule has 0 N–H and O–H groups in total. The molecule has 0 amide bonds. The number of aromatic nitrogens is 1. The molecule has 3 heteroatoms. The first-order valence-electron chi connectivity index (χ1n) is 19.7. The number of allylic oxidation sites excluding steroid dienone is 5. The van der Waals surface area contributed by atoms with E-state index in [9.17, 15) is 0 Å². The number of para-hydroxylation sites is 2. The van der Waals surface area contributed by atoms with Crippen LogP contribution in [0.2, 0.25) is 0 Å². The predicted octanol–water partition coefficient (Wildman–Crippen LogP) is 14.1. The molecule has 56 heavy (non-hydrogen) atoms. The zero-order chi connectivity index (χ0) is 37.0. The van der Waals surface area contributed by atoms with E-state index in [2.05, 4.69) is 198 Å². The summed E-state index contributed by atoms with van der Waals surface area (Å²) in [5.74, 6) is 0. The highest BCUT2D eigenvalue weighted by Crippen LogP contribution is 2.53. The van der Waals surface area contributed by atoms with Gasteiger partial charge in [-0.25, -0.2) is 0 Å². The van der Waals surface area contributed by atoms with E-state index in [0.717, 1.165) is 24.9 Å². The van der Waals surface area contributed by atoms with Crippen LogP contribution in [0.5, 0.6) is 0 Å². The number of benzene rings is 7. The van der Waals surface area contributed by atoms with Gasteiger partial charge in [0.05, 0.1) is 28.6 Å². The van der Waals surface area contributed by atoms with Crippen LogP contribution >= 0.6 is 0 Å². The first-order valence-corrected chi connectivity index (χ1v) is 19.7. The molecule has 0 spiro atoms. The van der Waals surface area contributed by atoms with Crippen LogP contribution in [-0.2, 0) is 0 Å². The van der Waals surface area contributed by atoms with Crippen molar-refractivity contribution in [2.45, 2.75) is 25.3 Å². The molecule has 3 nitrogen and oxygen atoms in total. The smallest absolute Gasteiger partial charge is 0.0789 e. The summed E-state index contributed by atoms with van der Waals surface area (Å²) in [6.07, 6.45) is 13.8. The van der Waals surface area contributed by atoms with Crippen molar-refractivity contribution < 1.29 is 0 Å². The Balaban J connectivity index is 1.21. The fourth-order valence-corrected chi connectivity index (χ4v) is 9.25. The van der Waals surface area contributed by atoms with E-state index < -0.39 is 0 Å². The number of hydrogen-bond donors (Lipinski definition) is 0. The van der Waals surface area contributed by atoms with Crippen molar-refractivity contribution in [3.63, 3.8) is 0 Å². The Kier molecular flexibility index (Phi) is 7.77. The van der Waals surface area contributed by atoms with Crippen LogP contribution in [0.15, 0.2) is 199 Å². The van der Waals surface area contributed by atoms with Gasteiger partial charge in [-0.05, 0) is 94.9 Å². The first-order chi connectivity index (χ1) is 27.8. The lowest BCUT2D eigenvalue weighted by molar-refractivity contribution is 0.747. The summed E-state index contributed by atoms with van der Waals surface area (Å²) in [7, 11) is 0. The Bertz CT molecular complexity index is 2880. The van der Waals surface area contributed by atoms with E-state index >= 15 is 0 Å². The van der Waals surface area contributed by atoms with Crippen molar-refractivity contribution >= 4 is 44.8 Å². The third-order valence-electron chi connectivity index (χ3n) is 11.7. The van der Waals surface area contributed by atoms with E-state index in [0.29, 0.717) is 0 Å². The van der Waals surface area contributed by atoms with Crippen LogP contribution in [-0.4, -0.2) is 10.8 Å². The fraction of sp³-hybridized carbons (Fsp3) is 0.0755. The van der Waals surface area contributed by atoms with Gasteiger partial charge in [0.25, 0.3) is 0 Å². The number of nitrogens with zero attached hydrogens (tertiary/aromatic N) is 3. The van der Waals surface area contributed by atoms with Crippen molar-refractivity contribution in [2.24, 2.45) is 4.99 Å². The van der Waals surface area contributed by atoms with Crippen LogP contribution in [0, 0.1) is 0 Å². The molecule has 7 aromatic carbocycles. The lowest BCUT2D eigenvalue weighted by Gasteiger charge is -2.32. The molecule has 3 heterocycles. The zero-order valence-corrected chi connectivity index (χ0v) is 31.0. The molecule has 0 radical (unpaired) electrons. The molecular weight excluding hydrogens is 679 g/mol. The summed E-state index contributed by atoms with van der Waals surface area (Å²) in [6, 6.07) is 60.4. The number of anilines is 2. The van der Waals surface area contributed by atoms with Crippen LogP contribution < -0.4 is 4.90 Å². The van der Waals surface area contributed by atoms with Crippen molar-refractivity contribution in [3.8, 4) is 39.2 Å². The minimum Gasteiger partial charge on any atom is -0.312 e. The monoisotopic (exact) mass is 717 g/mol. The SMILES string of the molecule is C1=CC[C@@H](c2ccc(N3C4=C(C=CCC4)c4c(n(-c5cc(-c6ccccc6)cc(-c6ccccc6)c5)c5ccccc45)-c4ccccc43)c3ccccc23)N=C1. The highest BCUT2D eigenvalue weighted by molar-refractivity contribution is 6.11. The maximum absolute atomic E-state index is 4.90. The van der Waals surface area contributed by atoms with Gasteiger partial charge in [-0.2, -0.15) is 0 Å². The highest BCUT2D eigenvalue weighted by atomic mass is 15.2. The van der Waals surface area contributed by atoms with Crippen molar-refractivity contribution in [2.75, 3.05) is 4.90 Å². The second kappa shape index (κ2) is 13.4. The van der Waals surface area contributed by atoms with E-state index in [1.807, 2.05) is 6.21 Å². The Morgan fingerprint density at radius 1 is 0.554 bits per heavy atom. The van der Waals surface area contributed by atoms with Crippen molar-refractivity contribution in [1.29, 1.82) is 0 Å². The Morgan fingerprint density at radius 2 is 1.23 bits per heavy atom. The molecule has 0 bridgehead atoms. The minimum absolute atomic E-state index is 0.116. The normalized spacial score (nSPS) is 15.9. The minimum atomic E-state index is 0.116. The van der Waals surface area contributed by atoms with Crippen LogP contribution in [0.3, 0.4) is 0 Å². The van der Waals surface area contributed by atoms with Gasteiger partial charge in [0.15, 0.2) is 0 Å². The van der Waals surface area contributed by atoms with Gasteiger partial charge in [-0.1, -0.05) is 146 Å². The lowest BCUT2D eigenvalue weighted by atomic mass is 9.92. The summed E-state index contributed by atoms with van der Waals surface area (Å²) in [6.45, 7) is 0. The molecule has 0 saturated heterocycles. The predicted molar refractivity (Wildman–Crippen MR) is 236 cm³/mol. The van der Waals surface area contributed by atoms with Gasteiger partial charge in [0.2, 0.25) is 0 Å². The Morgan fingerprint density at radius 3 is 1.98 bits per heavy atom. The Hall–Kier alpha value is -6.97. The standard InChI is InChI=1S/C53H39N3/c1-3-17-36(18-4-1)38-33-39(37-19-5-2-6-20-37)35-40(34-38)55-48-27-12-9-23-44(48)52-45-24-10-13-28-49(45)56(50-29-14-11-25-46(50)53(52)55)51-31-30-42(47-26-15-16-32-54-47)41-21-7-8-22-43(41)51/h1-12,14-25,27,29-35,47H,13,26,28H2/t47-/m0/s1. The zero-order valence-electron chi connectivity index (χ0n) is 31.0. The van der Waals surface area contributed by atoms with Crippen LogP contribution in [0.4, 0.5) is 11.4 Å². The molecular formula is C53H39N3. The second-order valence-electron chi connectivity index (χ2n) is 14.9. The molecule has 266 valence electrons. The second-order valence-corrected chi connectivity index (χ2v) is 14.9. The summed E-state index contributed by atoms with van der Waals surface area (Å²) in [5, 5.41) is 3.76. The molecule has 0 fully saturated rings. The first kappa shape index (κ1) is 32.5. The maximum Gasteiger partial charge on any atom is 0.0789 e. The van der Waals surface area contributed by atoms with Crippen LogP contribution in [0.25, 0.3) is 66.4 Å². The lowest BCUT2D eigenvalue weighted by Crippen LogP contribution is -2.19. The van der Waals surface area contributed by atoms with Crippen LogP contribution in [0.1, 0.15) is 36.4 Å². The van der Waals surface area contributed by atoms with Gasteiger partial charge in [-0.3, -0.25) is 4.99 Å². The fourth-order valence-electron chi connectivity index (χ4n) is 9.25. The van der Waals surface area contributed by atoms with Crippen molar-refractivity contribution in [3.05, 3.63) is 205 Å². The highest BCUT2D eigenvalue weighted by Gasteiger charge is 2.34. The molecule has 1 atom stereocenters. The third-order valence-corrected chi connectivity index (χ3v) is 11.7. The van der Waals surface area contributed by atoms with Gasteiger partial charge >= 0.3 is 0 Å².